The molecule has 3 fully saturated rings. The predicted molar refractivity (Wildman–Crippen MR) is 75.8 cm³/mol. The molecule has 1 saturated carbocycles. The monoisotopic (exact) mass is 263 g/mol. The predicted octanol–water partition coefficient (Wildman–Crippen LogP) is 0.799. The zero-order chi connectivity index (χ0) is 13.3. The second-order valence-electron chi connectivity index (χ2n) is 6.38. The zero-order valence-corrected chi connectivity index (χ0v) is 11.7. The number of hydrogen-bond acceptors (Lipinski definition) is 3. The minimum absolute atomic E-state index is 0.106. The maximum absolute atomic E-state index is 12.4. The molecule has 106 valence electrons. The van der Waals surface area contributed by atoms with Gasteiger partial charge in [0.2, 0.25) is 5.91 Å². The van der Waals surface area contributed by atoms with Gasteiger partial charge in [-0.15, -0.1) is 0 Å². The molecule has 4 nitrogen and oxygen atoms in total. The third kappa shape index (κ3) is 2.56. The van der Waals surface area contributed by atoms with Gasteiger partial charge in [0.1, 0.15) is 0 Å². The highest BCUT2D eigenvalue weighted by molar-refractivity contribution is 5.80. The molecular formula is C15H25N3O. The summed E-state index contributed by atoms with van der Waals surface area (Å²) in [5, 5.41) is 10.2. The molecule has 1 spiro atoms. The van der Waals surface area contributed by atoms with Gasteiger partial charge in [-0.1, -0.05) is 12.2 Å². The highest BCUT2D eigenvalue weighted by Gasteiger charge is 2.44. The van der Waals surface area contributed by atoms with Crippen molar-refractivity contribution < 1.29 is 4.79 Å². The number of nitrogens with one attached hydrogen (secondary N) is 3. The maximum atomic E-state index is 12.4. The van der Waals surface area contributed by atoms with E-state index in [4.69, 9.17) is 0 Å². The second kappa shape index (κ2) is 5.25. The summed E-state index contributed by atoms with van der Waals surface area (Å²) in [6, 6.07) is 0.333. The summed E-state index contributed by atoms with van der Waals surface area (Å²) >= 11 is 0. The summed E-state index contributed by atoms with van der Waals surface area (Å²) in [6.45, 7) is 4.70. The van der Waals surface area contributed by atoms with Crippen molar-refractivity contribution in [2.45, 2.75) is 44.2 Å². The Hall–Kier alpha value is -0.870. The molecule has 3 N–H and O–H groups in total. The van der Waals surface area contributed by atoms with Crippen molar-refractivity contribution in [1.82, 2.24) is 16.0 Å². The highest BCUT2D eigenvalue weighted by atomic mass is 16.2. The van der Waals surface area contributed by atoms with Gasteiger partial charge in [0.25, 0.3) is 0 Å². The lowest BCUT2D eigenvalue weighted by Gasteiger charge is -2.38. The SMILES string of the molecule is C/C=C/[C@@H]1CNC[C@H]1C(=O)NC1CNC2(CCC2)C1. The summed E-state index contributed by atoms with van der Waals surface area (Å²) in [5.74, 6) is 0.697. The fourth-order valence-corrected chi connectivity index (χ4v) is 3.79. The first-order chi connectivity index (χ1) is 9.22. The Labute approximate surface area is 115 Å². The molecule has 3 aliphatic rings. The summed E-state index contributed by atoms with van der Waals surface area (Å²) in [6.07, 6.45) is 9.23. The first-order valence-electron chi connectivity index (χ1n) is 7.61. The standard InChI is InChI=1S/C15H25N3O/c1-2-4-11-8-16-10-13(11)14(19)18-12-7-15(17-9-12)5-3-6-15/h2,4,11-13,16-17H,3,5-10H2,1H3,(H,18,19)/b4-2+/t11-,12?,13-/m1/s1. The quantitative estimate of drug-likeness (QED) is 0.660. The van der Waals surface area contributed by atoms with Crippen molar-refractivity contribution >= 4 is 5.91 Å². The van der Waals surface area contributed by atoms with E-state index in [1.54, 1.807) is 0 Å². The van der Waals surface area contributed by atoms with Crippen LogP contribution >= 0.6 is 0 Å². The highest BCUT2D eigenvalue weighted by Crippen LogP contribution is 2.38. The Morgan fingerprint density at radius 2 is 2.16 bits per heavy atom. The van der Waals surface area contributed by atoms with Gasteiger partial charge in [0, 0.05) is 37.1 Å². The van der Waals surface area contributed by atoms with Gasteiger partial charge in [-0.2, -0.15) is 0 Å². The van der Waals surface area contributed by atoms with Gasteiger partial charge < -0.3 is 16.0 Å². The number of rotatable bonds is 3. The fraction of sp³-hybridized carbons (Fsp3) is 0.800. The van der Waals surface area contributed by atoms with Crippen LogP contribution in [0.25, 0.3) is 0 Å². The van der Waals surface area contributed by atoms with E-state index in [0.717, 1.165) is 26.1 Å². The van der Waals surface area contributed by atoms with E-state index < -0.39 is 0 Å². The van der Waals surface area contributed by atoms with E-state index in [1.807, 2.05) is 6.92 Å². The number of carbonyl (C=O) groups excluding carboxylic acids is 1. The van der Waals surface area contributed by atoms with Gasteiger partial charge in [-0.25, -0.2) is 0 Å². The van der Waals surface area contributed by atoms with Crippen LogP contribution in [0.1, 0.15) is 32.6 Å². The number of hydrogen-bond donors (Lipinski definition) is 3. The normalized spacial score (nSPS) is 36.8. The van der Waals surface area contributed by atoms with E-state index in [0.29, 0.717) is 17.5 Å². The van der Waals surface area contributed by atoms with Crippen LogP contribution in [-0.4, -0.2) is 37.1 Å². The maximum Gasteiger partial charge on any atom is 0.225 e. The minimum atomic E-state index is 0.106. The molecule has 3 rings (SSSR count). The third-order valence-electron chi connectivity index (χ3n) is 5.06. The van der Waals surface area contributed by atoms with Crippen LogP contribution in [0, 0.1) is 11.8 Å². The lowest BCUT2D eigenvalue weighted by atomic mass is 9.75. The molecule has 2 aliphatic heterocycles. The summed E-state index contributed by atoms with van der Waals surface area (Å²) in [4.78, 5) is 12.4. The summed E-state index contributed by atoms with van der Waals surface area (Å²) < 4.78 is 0. The molecule has 0 bridgehead atoms. The van der Waals surface area contributed by atoms with Crippen LogP contribution in [0.3, 0.4) is 0 Å². The van der Waals surface area contributed by atoms with Crippen LogP contribution in [0.15, 0.2) is 12.2 Å². The van der Waals surface area contributed by atoms with Gasteiger partial charge in [0.15, 0.2) is 0 Å². The molecule has 0 aromatic rings. The van der Waals surface area contributed by atoms with Crippen molar-refractivity contribution in [3.05, 3.63) is 12.2 Å². The molecule has 2 heterocycles. The van der Waals surface area contributed by atoms with Gasteiger partial charge >= 0.3 is 0 Å². The van der Waals surface area contributed by atoms with E-state index >= 15 is 0 Å². The van der Waals surface area contributed by atoms with Crippen LogP contribution in [0.5, 0.6) is 0 Å². The lowest BCUT2D eigenvalue weighted by Crippen LogP contribution is -2.46. The van der Waals surface area contributed by atoms with E-state index in [1.165, 1.54) is 19.3 Å². The zero-order valence-electron chi connectivity index (χ0n) is 11.7. The molecule has 2 saturated heterocycles. The molecule has 4 heteroatoms. The van der Waals surface area contributed by atoms with Crippen molar-refractivity contribution in [2.24, 2.45) is 11.8 Å². The Morgan fingerprint density at radius 1 is 1.32 bits per heavy atom. The molecule has 3 atom stereocenters. The summed E-state index contributed by atoms with van der Waals surface area (Å²) in [5.41, 5.74) is 0.370. The van der Waals surface area contributed by atoms with Crippen molar-refractivity contribution in [2.75, 3.05) is 19.6 Å². The topological polar surface area (TPSA) is 53.2 Å². The molecule has 1 unspecified atom stereocenters. The Morgan fingerprint density at radius 3 is 2.79 bits per heavy atom. The molecule has 0 aromatic heterocycles. The van der Waals surface area contributed by atoms with E-state index in [-0.39, 0.29) is 11.8 Å². The molecule has 1 aliphatic carbocycles. The largest absolute Gasteiger partial charge is 0.352 e. The number of allylic oxidation sites excluding steroid dienone is 1. The first kappa shape index (κ1) is 13.1. The van der Waals surface area contributed by atoms with Crippen LogP contribution in [0.4, 0.5) is 0 Å². The molecule has 0 radical (unpaired) electrons. The minimum Gasteiger partial charge on any atom is -0.352 e. The molecule has 0 aromatic carbocycles. The van der Waals surface area contributed by atoms with E-state index in [2.05, 4.69) is 28.1 Å². The van der Waals surface area contributed by atoms with Gasteiger partial charge in [0.05, 0.1) is 5.92 Å². The van der Waals surface area contributed by atoms with Crippen molar-refractivity contribution in [3.63, 3.8) is 0 Å². The van der Waals surface area contributed by atoms with Crippen LogP contribution in [-0.2, 0) is 4.79 Å². The lowest BCUT2D eigenvalue weighted by molar-refractivity contribution is -0.125. The number of carbonyl (C=O) groups is 1. The average Bonchev–Trinajstić information content (AvgIpc) is 2.95. The van der Waals surface area contributed by atoms with Crippen molar-refractivity contribution in [3.8, 4) is 0 Å². The Bertz CT molecular complexity index is 376. The molecule has 1 amide bonds. The van der Waals surface area contributed by atoms with Crippen molar-refractivity contribution in [1.29, 1.82) is 0 Å². The van der Waals surface area contributed by atoms with Crippen LogP contribution in [0.2, 0.25) is 0 Å². The Balaban J connectivity index is 1.53. The van der Waals surface area contributed by atoms with Crippen LogP contribution < -0.4 is 16.0 Å². The Kier molecular flexibility index (Phi) is 3.63. The smallest absolute Gasteiger partial charge is 0.225 e. The molecular weight excluding hydrogens is 238 g/mol. The second-order valence-corrected chi connectivity index (χ2v) is 6.38. The number of amides is 1. The van der Waals surface area contributed by atoms with Gasteiger partial charge in [-0.05, 0) is 32.6 Å². The van der Waals surface area contributed by atoms with E-state index in [9.17, 15) is 4.79 Å². The summed E-state index contributed by atoms with van der Waals surface area (Å²) in [7, 11) is 0. The first-order valence-corrected chi connectivity index (χ1v) is 7.61. The third-order valence-corrected chi connectivity index (χ3v) is 5.06. The average molecular weight is 263 g/mol. The molecule has 19 heavy (non-hydrogen) atoms. The fourth-order valence-electron chi connectivity index (χ4n) is 3.79. The van der Waals surface area contributed by atoms with Gasteiger partial charge in [-0.3, -0.25) is 4.79 Å².